The lowest BCUT2D eigenvalue weighted by Crippen LogP contribution is -1.95. The van der Waals surface area contributed by atoms with Crippen molar-refractivity contribution in [3.05, 3.63) is 29.2 Å². The van der Waals surface area contributed by atoms with Gasteiger partial charge in [-0.05, 0) is 31.5 Å². The lowest BCUT2D eigenvalue weighted by Gasteiger charge is -1.99. The fourth-order valence-electron chi connectivity index (χ4n) is 1.38. The highest BCUT2D eigenvalue weighted by Gasteiger charge is 2.05. The van der Waals surface area contributed by atoms with E-state index in [1.807, 2.05) is 26.0 Å². The molecule has 2 rings (SSSR count). The molecule has 0 fully saturated rings. The molecular weight excluding hydrogens is 164 g/mol. The van der Waals surface area contributed by atoms with Gasteiger partial charge in [-0.1, -0.05) is 0 Å². The predicted octanol–water partition coefficient (Wildman–Crippen LogP) is 1.22. The average Bonchev–Trinajstić information content (AvgIpc) is 2.46. The Bertz CT molecular complexity index is 504. The lowest BCUT2D eigenvalue weighted by atomic mass is 10.2. The van der Waals surface area contributed by atoms with Crippen molar-refractivity contribution in [1.29, 1.82) is 5.26 Å². The van der Waals surface area contributed by atoms with E-state index >= 15 is 0 Å². The Morgan fingerprint density at radius 2 is 2.08 bits per heavy atom. The molecule has 0 radical (unpaired) electrons. The smallest absolute Gasteiger partial charge is 0.162 e. The molecule has 64 valence electrons. The van der Waals surface area contributed by atoms with Gasteiger partial charge >= 0.3 is 0 Å². The zero-order valence-electron chi connectivity index (χ0n) is 7.44. The fraction of sp³-hybridized carbons (Fsp3) is 0.222. The molecule has 2 heterocycles. The second-order valence-electron chi connectivity index (χ2n) is 2.97. The number of fused-ring (bicyclic) bond motifs is 1. The monoisotopic (exact) mass is 172 g/mol. The molecule has 0 aromatic carbocycles. The first-order chi connectivity index (χ1) is 6.22. The van der Waals surface area contributed by atoms with Crippen molar-refractivity contribution >= 4 is 5.65 Å². The first kappa shape index (κ1) is 7.74. The summed E-state index contributed by atoms with van der Waals surface area (Å²) in [4.78, 5) is 0. The van der Waals surface area contributed by atoms with Gasteiger partial charge in [-0.2, -0.15) is 5.26 Å². The van der Waals surface area contributed by atoms with Crippen LogP contribution in [0.5, 0.6) is 0 Å². The third-order valence-electron chi connectivity index (χ3n) is 1.93. The van der Waals surface area contributed by atoms with Gasteiger partial charge in [0.25, 0.3) is 0 Å². The fourth-order valence-corrected chi connectivity index (χ4v) is 1.38. The van der Waals surface area contributed by atoms with Crippen molar-refractivity contribution in [3.63, 3.8) is 0 Å². The summed E-state index contributed by atoms with van der Waals surface area (Å²) in [5, 5.41) is 16.7. The van der Waals surface area contributed by atoms with E-state index in [2.05, 4.69) is 16.3 Å². The summed E-state index contributed by atoms with van der Waals surface area (Å²) in [6, 6.07) is 5.85. The second kappa shape index (κ2) is 2.56. The van der Waals surface area contributed by atoms with Crippen LogP contribution in [0, 0.1) is 25.2 Å². The van der Waals surface area contributed by atoms with Gasteiger partial charge in [0.05, 0.1) is 0 Å². The van der Waals surface area contributed by atoms with Crippen LogP contribution in [-0.2, 0) is 0 Å². The Morgan fingerprint density at radius 1 is 1.31 bits per heavy atom. The zero-order chi connectivity index (χ0) is 9.42. The van der Waals surface area contributed by atoms with Crippen molar-refractivity contribution in [2.45, 2.75) is 13.8 Å². The number of nitriles is 1. The molecule has 0 amide bonds. The predicted molar refractivity (Wildman–Crippen MR) is 47.2 cm³/mol. The van der Waals surface area contributed by atoms with E-state index < -0.39 is 0 Å². The molecule has 2 aromatic heterocycles. The normalized spacial score (nSPS) is 10.2. The highest BCUT2D eigenvalue weighted by atomic mass is 15.2. The van der Waals surface area contributed by atoms with Crippen LogP contribution in [0.4, 0.5) is 0 Å². The van der Waals surface area contributed by atoms with Crippen LogP contribution in [-0.4, -0.2) is 14.6 Å². The Balaban J connectivity index is 2.95. The van der Waals surface area contributed by atoms with Gasteiger partial charge in [0.1, 0.15) is 17.6 Å². The molecule has 0 N–H and O–H groups in total. The van der Waals surface area contributed by atoms with Crippen LogP contribution in [0.15, 0.2) is 12.1 Å². The van der Waals surface area contributed by atoms with Crippen LogP contribution >= 0.6 is 0 Å². The van der Waals surface area contributed by atoms with Crippen LogP contribution in [0.2, 0.25) is 0 Å². The molecule has 4 heteroatoms. The van der Waals surface area contributed by atoms with Gasteiger partial charge < -0.3 is 0 Å². The van der Waals surface area contributed by atoms with E-state index in [1.165, 1.54) is 0 Å². The molecule has 0 saturated carbocycles. The van der Waals surface area contributed by atoms with Crippen molar-refractivity contribution in [3.8, 4) is 6.07 Å². The minimum absolute atomic E-state index is 0.581. The molecule has 0 spiro atoms. The van der Waals surface area contributed by atoms with Crippen molar-refractivity contribution < 1.29 is 0 Å². The summed E-state index contributed by atoms with van der Waals surface area (Å²) >= 11 is 0. The topological polar surface area (TPSA) is 54.0 Å². The maximum absolute atomic E-state index is 8.88. The highest BCUT2D eigenvalue weighted by Crippen LogP contribution is 2.10. The number of hydrogen-bond donors (Lipinski definition) is 0. The van der Waals surface area contributed by atoms with Crippen LogP contribution in [0.25, 0.3) is 5.65 Å². The Labute approximate surface area is 75.4 Å². The van der Waals surface area contributed by atoms with Crippen LogP contribution in [0.3, 0.4) is 0 Å². The molecule has 2 aromatic rings. The summed E-state index contributed by atoms with van der Waals surface area (Å²) in [5.74, 6) is 0.742. The number of rotatable bonds is 0. The summed E-state index contributed by atoms with van der Waals surface area (Å²) in [5.41, 5.74) is 2.34. The minimum Gasteiger partial charge on any atom is -0.270 e. The Kier molecular flexibility index (Phi) is 1.52. The number of nitrogens with zero attached hydrogens (tertiary/aromatic N) is 4. The first-order valence-electron chi connectivity index (χ1n) is 3.95. The van der Waals surface area contributed by atoms with Crippen molar-refractivity contribution in [1.82, 2.24) is 14.6 Å². The summed E-state index contributed by atoms with van der Waals surface area (Å²) < 4.78 is 1.74. The molecule has 0 aliphatic heterocycles. The standard InChI is InChI=1S/C9H8N4/c1-6-3-8(5-10)13-7(2)11-12-9(13)4-6/h3-4H,1-2H3. The summed E-state index contributed by atoms with van der Waals surface area (Å²) in [6.45, 7) is 3.76. The molecule has 13 heavy (non-hydrogen) atoms. The number of aryl methyl sites for hydroxylation is 2. The molecule has 0 aliphatic rings. The summed E-state index contributed by atoms with van der Waals surface area (Å²) in [7, 11) is 0. The maximum atomic E-state index is 8.88. The quantitative estimate of drug-likeness (QED) is 0.600. The molecule has 0 atom stereocenters. The molecule has 0 aliphatic carbocycles. The minimum atomic E-state index is 0.581. The van der Waals surface area contributed by atoms with Crippen molar-refractivity contribution in [2.24, 2.45) is 0 Å². The van der Waals surface area contributed by atoms with E-state index in [0.717, 1.165) is 17.0 Å². The van der Waals surface area contributed by atoms with E-state index in [-0.39, 0.29) is 0 Å². The van der Waals surface area contributed by atoms with Gasteiger partial charge in [0, 0.05) is 0 Å². The van der Waals surface area contributed by atoms with Crippen LogP contribution < -0.4 is 0 Å². The molecule has 0 bridgehead atoms. The third kappa shape index (κ3) is 1.05. The molecule has 4 nitrogen and oxygen atoms in total. The molecular formula is C9H8N4. The van der Waals surface area contributed by atoms with E-state index in [9.17, 15) is 0 Å². The first-order valence-corrected chi connectivity index (χ1v) is 3.95. The average molecular weight is 172 g/mol. The highest BCUT2D eigenvalue weighted by molar-refractivity contribution is 5.46. The maximum Gasteiger partial charge on any atom is 0.162 e. The zero-order valence-corrected chi connectivity index (χ0v) is 7.44. The van der Waals surface area contributed by atoms with E-state index in [0.29, 0.717) is 5.69 Å². The van der Waals surface area contributed by atoms with Gasteiger partial charge in [-0.3, -0.25) is 4.40 Å². The number of pyridine rings is 1. The van der Waals surface area contributed by atoms with Crippen molar-refractivity contribution in [2.75, 3.05) is 0 Å². The van der Waals surface area contributed by atoms with Gasteiger partial charge in [0.15, 0.2) is 5.65 Å². The SMILES string of the molecule is Cc1cc(C#N)n2c(C)nnc2c1. The lowest BCUT2D eigenvalue weighted by molar-refractivity contribution is 0.994. The molecule has 0 unspecified atom stereocenters. The van der Waals surface area contributed by atoms with Crippen LogP contribution in [0.1, 0.15) is 17.1 Å². The van der Waals surface area contributed by atoms with E-state index in [4.69, 9.17) is 5.26 Å². The Hall–Kier alpha value is -1.89. The third-order valence-corrected chi connectivity index (χ3v) is 1.93. The largest absolute Gasteiger partial charge is 0.270 e. The van der Waals surface area contributed by atoms with Gasteiger partial charge in [-0.25, -0.2) is 0 Å². The Morgan fingerprint density at radius 3 is 2.77 bits per heavy atom. The van der Waals surface area contributed by atoms with Gasteiger partial charge in [-0.15, -0.1) is 10.2 Å². The number of aromatic nitrogens is 3. The summed E-state index contributed by atoms with van der Waals surface area (Å²) in [6.07, 6.45) is 0. The molecule has 0 saturated heterocycles. The van der Waals surface area contributed by atoms with Gasteiger partial charge in [0.2, 0.25) is 0 Å². The number of hydrogen-bond acceptors (Lipinski definition) is 3. The second-order valence-corrected chi connectivity index (χ2v) is 2.97. The van der Waals surface area contributed by atoms with E-state index in [1.54, 1.807) is 4.40 Å².